The summed E-state index contributed by atoms with van der Waals surface area (Å²) in [5, 5.41) is 20.1. The van der Waals surface area contributed by atoms with Crippen molar-refractivity contribution in [1.29, 1.82) is 0 Å². The zero-order valence-electron chi connectivity index (χ0n) is 28.0. The van der Waals surface area contributed by atoms with E-state index in [1.807, 2.05) is 13.8 Å². The molecule has 2 heterocycles. The number of morpholine rings is 1. The molecule has 5 aliphatic carbocycles. The van der Waals surface area contributed by atoms with Crippen molar-refractivity contribution in [1.82, 2.24) is 4.90 Å². The second-order valence-corrected chi connectivity index (χ2v) is 17.4. The van der Waals surface area contributed by atoms with Crippen molar-refractivity contribution in [3.63, 3.8) is 0 Å². The van der Waals surface area contributed by atoms with Crippen LogP contribution in [-0.4, -0.2) is 91.4 Å². The van der Waals surface area contributed by atoms with E-state index in [-0.39, 0.29) is 36.6 Å². The minimum atomic E-state index is -0.901. The standard InChI is InChI=1S/C36H61NO6/c1-32(2)28-11-9-23-25-20-27-24(8-10-26(42-27)31(40-6)33(3,4)39)34(25,5)14-15-35(23)22-36(28,35)13-12-29(32)43-30-21-37(16-7-18-38)17-19-41-30/h23-31,38-39H,7-22H2,1-6H3. The van der Waals surface area contributed by atoms with Crippen molar-refractivity contribution in [2.24, 2.45) is 45.3 Å². The number of fused-ring (bicyclic) bond motifs is 4. The maximum absolute atomic E-state index is 10.8. The molecule has 7 heteroatoms. The molecule has 12 unspecified atom stereocenters. The number of aliphatic hydroxyl groups excluding tert-OH is 1. The molecule has 0 bridgehead atoms. The smallest absolute Gasteiger partial charge is 0.170 e. The summed E-state index contributed by atoms with van der Waals surface area (Å²) in [5.74, 6) is 2.96. The van der Waals surface area contributed by atoms with Crippen LogP contribution in [-0.2, 0) is 18.9 Å². The number of rotatable bonds is 8. The van der Waals surface area contributed by atoms with Gasteiger partial charge in [-0.3, -0.25) is 4.90 Å². The van der Waals surface area contributed by atoms with E-state index in [0.717, 1.165) is 63.3 Å². The Morgan fingerprint density at radius 3 is 2.51 bits per heavy atom. The molecule has 7 aliphatic rings. The summed E-state index contributed by atoms with van der Waals surface area (Å²) in [6.45, 7) is 15.0. The first-order chi connectivity index (χ1) is 20.4. The first kappa shape index (κ1) is 31.3. The third-order valence-electron chi connectivity index (χ3n) is 14.9. The van der Waals surface area contributed by atoms with E-state index in [2.05, 4.69) is 25.7 Å². The zero-order valence-corrected chi connectivity index (χ0v) is 28.0. The highest BCUT2D eigenvalue weighted by Gasteiger charge is 2.80. The van der Waals surface area contributed by atoms with Gasteiger partial charge in [0, 0.05) is 33.4 Å². The van der Waals surface area contributed by atoms with Gasteiger partial charge in [-0.25, -0.2) is 0 Å². The minimum Gasteiger partial charge on any atom is -0.396 e. The summed E-state index contributed by atoms with van der Waals surface area (Å²) in [4.78, 5) is 2.40. The van der Waals surface area contributed by atoms with Gasteiger partial charge in [0.2, 0.25) is 0 Å². The Morgan fingerprint density at radius 2 is 1.77 bits per heavy atom. The predicted molar refractivity (Wildman–Crippen MR) is 165 cm³/mol. The van der Waals surface area contributed by atoms with Crippen LogP contribution in [0.5, 0.6) is 0 Å². The maximum Gasteiger partial charge on any atom is 0.170 e. The van der Waals surface area contributed by atoms with Crippen molar-refractivity contribution >= 4 is 0 Å². The van der Waals surface area contributed by atoms with Crippen LogP contribution in [0, 0.1) is 45.3 Å². The van der Waals surface area contributed by atoms with Gasteiger partial charge in [0.15, 0.2) is 6.29 Å². The molecule has 7 rings (SSSR count). The van der Waals surface area contributed by atoms with E-state index in [4.69, 9.17) is 18.9 Å². The van der Waals surface area contributed by atoms with Crippen LogP contribution in [0.2, 0.25) is 0 Å². The fourth-order valence-corrected chi connectivity index (χ4v) is 13.0. The summed E-state index contributed by atoms with van der Waals surface area (Å²) in [6, 6.07) is 0. The normalized spacial score (nSPS) is 49.7. The predicted octanol–water partition coefficient (Wildman–Crippen LogP) is 5.40. The van der Waals surface area contributed by atoms with E-state index in [9.17, 15) is 10.2 Å². The Kier molecular flexibility index (Phi) is 7.93. The quantitative estimate of drug-likeness (QED) is 0.384. The van der Waals surface area contributed by atoms with E-state index >= 15 is 0 Å². The molecule has 7 nitrogen and oxygen atoms in total. The Labute approximate surface area is 260 Å². The van der Waals surface area contributed by atoms with Gasteiger partial charge >= 0.3 is 0 Å². The van der Waals surface area contributed by atoms with Crippen molar-refractivity contribution in [2.75, 3.05) is 40.0 Å². The van der Waals surface area contributed by atoms with Gasteiger partial charge in [-0.05, 0) is 130 Å². The first-order valence-corrected chi connectivity index (χ1v) is 17.9. The molecule has 0 amide bonds. The van der Waals surface area contributed by atoms with Gasteiger partial charge in [0.1, 0.15) is 6.10 Å². The molecule has 43 heavy (non-hydrogen) atoms. The first-order valence-electron chi connectivity index (χ1n) is 17.9. The summed E-state index contributed by atoms with van der Waals surface area (Å²) >= 11 is 0. The average Bonchev–Trinajstić information content (AvgIpc) is 3.53. The van der Waals surface area contributed by atoms with Crippen LogP contribution >= 0.6 is 0 Å². The van der Waals surface area contributed by atoms with Crippen molar-refractivity contribution in [3.05, 3.63) is 0 Å². The fraction of sp³-hybridized carbons (Fsp3) is 1.00. The number of ether oxygens (including phenoxy) is 4. The van der Waals surface area contributed by atoms with Crippen molar-refractivity contribution < 1.29 is 29.2 Å². The van der Waals surface area contributed by atoms with Crippen LogP contribution in [0.1, 0.15) is 105 Å². The molecule has 5 saturated carbocycles. The maximum atomic E-state index is 10.8. The monoisotopic (exact) mass is 603 g/mol. The molecule has 0 aromatic heterocycles. The van der Waals surface area contributed by atoms with Gasteiger partial charge in [-0.15, -0.1) is 0 Å². The molecule has 0 aromatic rings. The minimum absolute atomic E-state index is 0.0158. The third-order valence-corrected chi connectivity index (χ3v) is 14.9. The molecule has 0 aromatic carbocycles. The van der Waals surface area contributed by atoms with E-state index in [1.165, 1.54) is 51.4 Å². The zero-order chi connectivity index (χ0) is 30.4. The third kappa shape index (κ3) is 4.75. The van der Waals surface area contributed by atoms with Crippen LogP contribution < -0.4 is 0 Å². The van der Waals surface area contributed by atoms with Gasteiger partial charge in [-0.2, -0.15) is 0 Å². The lowest BCUT2D eigenvalue weighted by Gasteiger charge is -2.60. The Hall–Kier alpha value is -0.280. The van der Waals surface area contributed by atoms with E-state index in [1.54, 1.807) is 7.11 Å². The molecular weight excluding hydrogens is 542 g/mol. The summed E-state index contributed by atoms with van der Waals surface area (Å²) in [5.41, 5.74) is 0.661. The summed E-state index contributed by atoms with van der Waals surface area (Å²) in [6.07, 6.45) is 13.7. The molecule has 2 saturated heterocycles. The van der Waals surface area contributed by atoms with Gasteiger partial charge in [0.25, 0.3) is 0 Å². The van der Waals surface area contributed by atoms with Crippen molar-refractivity contribution in [2.45, 2.75) is 142 Å². The molecule has 2 spiro atoms. The molecule has 2 aliphatic heterocycles. The lowest BCUT2D eigenvalue weighted by atomic mass is 9.46. The molecular formula is C36H61NO6. The lowest BCUT2D eigenvalue weighted by Crippen LogP contribution is -2.56. The Morgan fingerprint density at radius 1 is 0.977 bits per heavy atom. The second kappa shape index (κ2) is 10.9. The Bertz CT molecular complexity index is 1030. The van der Waals surface area contributed by atoms with Crippen LogP contribution in [0.25, 0.3) is 0 Å². The average molecular weight is 604 g/mol. The lowest BCUT2D eigenvalue weighted by molar-refractivity contribution is -0.245. The molecule has 246 valence electrons. The van der Waals surface area contributed by atoms with Crippen molar-refractivity contribution in [3.8, 4) is 0 Å². The number of methoxy groups -OCH3 is 1. The highest BCUT2D eigenvalue weighted by Crippen LogP contribution is 2.87. The molecule has 2 N–H and O–H groups in total. The van der Waals surface area contributed by atoms with Crippen LogP contribution in [0.15, 0.2) is 0 Å². The van der Waals surface area contributed by atoms with Gasteiger partial charge in [-0.1, -0.05) is 20.8 Å². The summed E-state index contributed by atoms with van der Waals surface area (Å²) in [7, 11) is 1.72. The van der Waals surface area contributed by atoms with Crippen LogP contribution in [0.3, 0.4) is 0 Å². The number of hydrogen-bond donors (Lipinski definition) is 2. The largest absolute Gasteiger partial charge is 0.396 e. The number of hydrogen-bond acceptors (Lipinski definition) is 7. The second-order valence-electron chi connectivity index (χ2n) is 17.4. The molecule has 0 radical (unpaired) electrons. The van der Waals surface area contributed by atoms with Gasteiger partial charge in [0.05, 0.1) is 30.5 Å². The summed E-state index contributed by atoms with van der Waals surface area (Å²) < 4.78 is 25.7. The van der Waals surface area contributed by atoms with Crippen LogP contribution in [0.4, 0.5) is 0 Å². The highest BCUT2D eigenvalue weighted by atomic mass is 16.7. The van der Waals surface area contributed by atoms with E-state index < -0.39 is 5.60 Å². The number of nitrogens with zero attached hydrogens (tertiary/aromatic N) is 1. The molecule has 7 fully saturated rings. The topological polar surface area (TPSA) is 80.6 Å². The number of aliphatic hydroxyl groups is 2. The highest BCUT2D eigenvalue weighted by molar-refractivity contribution is 5.29. The SMILES string of the molecule is COC(C1CCC2C(CC3C4CCC5C(C)(C)C(OC6CN(CCCO)CCO6)CCC56CC46CCC23C)O1)C(C)(C)O. The van der Waals surface area contributed by atoms with E-state index in [0.29, 0.717) is 28.3 Å². The van der Waals surface area contributed by atoms with Gasteiger partial charge < -0.3 is 29.2 Å². The Balaban J connectivity index is 1.05. The fourth-order valence-electron chi connectivity index (χ4n) is 13.0. The molecule has 12 atom stereocenters.